The summed E-state index contributed by atoms with van der Waals surface area (Å²) in [5, 5.41) is 3.77. The summed E-state index contributed by atoms with van der Waals surface area (Å²) < 4.78 is 0. The molecule has 130 valence electrons. The molecule has 1 unspecified atom stereocenters. The number of halogens is 1. The second-order valence-corrected chi connectivity index (χ2v) is 6.86. The highest BCUT2D eigenvalue weighted by atomic mass is 35.5. The van der Waals surface area contributed by atoms with Gasteiger partial charge in [0.25, 0.3) is 0 Å². The summed E-state index contributed by atoms with van der Waals surface area (Å²) in [6.45, 7) is 4.14. The van der Waals surface area contributed by atoms with Crippen molar-refractivity contribution >= 4 is 23.1 Å². The van der Waals surface area contributed by atoms with Crippen LogP contribution in [0.1, 0.15) is 30.5 Å². The first-order valence-electron chi connectivity index (χ1n) is 8.63. The van der Waals surface area contributed by atoms with Crippen molar-refractivity contribution in [3.05, 3.63) is 76.8 Å². The number of nitrogens with zero attached hydrogens (tertiary/aromatic N) is 1. The number of hydrogen-bond donors (Lipinski definition) is 1. The lowest BCUT2D eigenvalue weighted by Crippen LogP contribution is -2.40. The Morgan fingerprint density at radius 3 is 2.52 bits per heavy atom. The van der Waals surface area contributed by atoms with Crippen molar-refractivity contribution in [3.8, 4) is 0 Å². The Kier molecular flexibility index (Phi) is 5.90. The summed E-state index contributed by atoms with van der Waals surface area (Å²) in [4.78, 5) is 14.5. The summed E-state index contributed by atoms with van der Waals surface area (Å²) in [5.41, 5.74) is 3.71. The average molecular weight is 355 g/mol. The minimum Gasteiger partial charge on any atom is -0.348 e. The van der Waals surface area contributed by atoms with Crippen molar-refractivity contribution in [3.63, 3.8) is 0 Å². The van der Waals surface area contributed by atoms with Crippen LogP contribution in [0.15, 0.2) is 60.7 Å². The van der Waals surface area contributed by atoms with Crippen LogP contribution in [0, 0.1) is 0 Å². The maximum Gasteiger partial charge on any atom is 0.234 e. The predicted molar refractivity (Wildman–Crippen MR) is 103 cm³/mol. The van der Waals surface area contributed by atoms with Gasteiger partial charge in [0.05, 0.1) is 12.6 Å². The van der Waals surface area contributed by atoms with Gasteiger partial charge in [-0.3, -0.25) is 9.69 Å². The van der Waals surface area contributed by atoms with Crippen LogP contribution >= 0.6 is 11.6 Å². The van der Waals surface area contributed by atoms with Gasteiger partial charge in [-0.1, -0.05) is 60.1 Å². The van der Waals surface area contributed by atoms with Crippen LogP contribution in [0.3, 0.4) is 0 Å². The van der Waals surface area contributed by atoms with E-state index in [4.69, 9.17) is 11.6 Å². The molecule has 1 N–H and O–H groups in total. The minimum atomic E-state index is -0.0232. The smallest absolute Gasteiger partial charge is 0.234 e. The van der Waals surface area contributed by atoms with Crippen LogP contribution in [0.25, 0.3) is 5.57 Å². The topological polar surface area (TPSA) is 32.3 Å². The van der Waals surface area contributed by atoms with Crippen LogP contribution in [0.5, 0.6) is 0 Å². The Bertz CT molecular complexity index is 740. The van der Waals surface area contributed by atoms with E-state index < -0.39 is 0 Å². The molecule has 0 aliphatic carbocycles. The van der Waals surface area contributed by atoms with E-state index in [9.17, 15) is 4.79 Å². The Balaban J connectivity index is 1.51. The fourth-order valence-electron chi connectivity index (χ4n) is 3.09. The zero-order valence-corrected chi connectivity index (χ0v) is 15.2. The van der Waals surface area contributed by atoms with Crippen molar-refractivity contribution < 1.29 is 4.79 Å². The number of carbonyl (C=O) groups excluding carboxylic acids is 1. The van der Waals surface area contributed by atoms with Gasteiger partial charge in [0.2, 0.25) is 5.91 Å². The Morgan fingerprint density at radius 1 is 1.16 bits per heavy atom. The molecule has 1 heterocycles. The van der Waals surface area contributed by atoms with E-state index in [1.165, 1.54) is 11.1 Å². The molecule has 2 aromatic carbocycles. The van der Waals surface area contributed by atoms with Gasteiger partial charge in [0, 0.05) is 18.1 Å². The third-order valence-electron chi connectivity index (χ3n) is 4.55. The number of amides is 1. The highest BCUT2D eigenvalue weighted by molar-refractivity contribution is 6.30. The maximum absolute atomic E-state index is 12.3. The van der Waals surface area contributed by atoms with E-state index in [1.807, 2.05) is 37.3 Å². The monoisotopic (exact) mass is 354 g/mol. The SMILES string of the molecule is CC(NC(=O)CN1CC=C(c2ccccc2)CC1)c1ccc(Cl)cc1. The van der Waals surface area contributed by atoms with Gasteiger partial charge in [0.1, 0.15) is 0 Å². The molecule has 0 spiro atoms. The van der Waals surface area contributed by atoms with Crippen LogP contribution in [-0.4, -0.2) is 30.4 Å². The minimum absolute atomic E-state index is 0.0232. The van der Waals surface area contributed by atoms with E-state index >= 15 is 0 Å². The summed E-state index contributed by atoms with van der Waals surface area (Å²) in [7, 11) is 0. The molecule has 25 heavy (non-hydrogen) atoms. The Morgan fingerprint density at radius 2 is 1.88 bits per heavy atom. The number of carbonyl (C=O) groups is 1. The molecule has 1 amide bonds. The third-order valence-corrected chi connectivity index (χ3v) is 4.80. The fourth-order valence-corrected chi connectivity index (χ4v) is 3.22. The maximum atomic E-state index is 12.3. The Hall–Kier alpha value is -2.10. The van der Waals surface area contributed by atoms with Crippen molar-refractivity contribution in [2.45, 2.75) is 19.4 Å². The lowest BCUT2D eigenvalue weighted by molar-refractivity contribution is -0.122. The quantitative estimate of drug-likeness (QED) is 0.867. The van der Waals surface area contributed by atoms with Crippen molar-refractivity contribution in [2.24, 2.45) is 0 Å². The second kappa shape index (κ2) is 8.32. The molecular weight excluding hydrogens is 332 g/mol. The fraction of sp³-hybridized carbons (Fsp3) is 0.286. The normalized spacial score (nSPS) is 16.2. The molecule has 2 aromatic rings. The number of hydrogen-bond acceptors (Lipinski definition) is 2. The summed E-state index contributed by atoms with van der Waals surface area (Å²) in [6.07, 6.45) is 3.21. The van der Waals surface area contributed by atoms with Gasteiger partial charge >= 0.3 is 0 Å². The number of rotatable bonds is 5. The zero-order chi connectivity index (χ0) is 17.6. The molecule has 3 rings (SSSR count). The standard InChI is InChI=1S/C21H23ClN2O/c1-16(17-7-9-20(22)10-8-17)23-21(25)15-24-13-11-19(12-14-24)18-5-3-2-4-6-18/h2-11,16H,12-15H2,1H3,(H,23,25). The van der Waals surface area contributed by atoms with Crippen LogP contribution < -0.4 is 5.32 Å². The summed E-state index contributed by atoms with van der Waals surface area (Å²) in [6, 6.07) is 18.0. The van der Waals surface area contributed by atoms with E-state index in [2.05, 4.69) is 40.6 Å². The molecule has 0 saturated carbocycles. The predicted octanol–water partition coefficient (Wildman–Crippen LogP) is 4.31. The molecule has 1 aliphatic heterocycles. The highest BCUT2D eigenvalue weighted by Gasteiger charge is 2.17. The summed E-state index contributed by atoms with van der Waals surface area (Å²) >= 11 is 5.91. The van der Waals surface area contributed by atoms with Crippen LogP contribution in [0.2, 0.25) is 5.02 Å². The van der Waals surface area contributed by atoms with Gasteiger partial charge in [-0.2, -0.15) is 0 Å². The molecular formula is C21H23ClN2O. The van der Waals surface area contributed by atoms with Gasteiger partial charge < -0.3 is 5.32 Å². The van der Waals surface area contributed by atoms with Crippen molar-refractivity contribution in [1.29, 1.82) is 0 Å². The largest absolute Gasteiger partial charge is 0.348 e. The number of nitrogens with one attached hydrogen (secondary N) is 1. The molecule has 0 aromatic heterocycles. The van der Waals surface area contributed by atoms with Crippen molar-refractivity contribution in [1.82, 2.24) is 10.2 Å². The Labute approximate surface area is 154 Å². The van der Waals surface area contributed by atoms with E-state index in [1.54, 1.807) is 0 Å². The molecule has 3 nitrogen and oxygen atoms in total. The van der Waals surface area contributed by atoms with Gasteiger partial charge in [0.15, 0.2) is 0 Å². The second-order valence-electron chi connectivity index (χ2n) is 6.42. The molecule has 4 heteroatoms. The van der Waals surface area contributed by atoms with Gasteiger partial charge in [-0.05, 0) is 42.2 Å². The highest BCUT2D eigenvalue weighted by Crippen LogP contribution is 2.22. The zero-order valence-electron chi connectivity index (χ0n) is 14.4. The first-order chi connectivity index (χ1) is 12.1. The average Bonchev–Trinajstić information content (AvgIpc) is 2.63. The van der Waals surface area contributed by atoms with Gasteiger partial charge in [-0.25, -0.2) is 0 Å². The van der Waals surface area contributed by atoms with Crippen LogP contribution in [-0.2, 0) is 4.79 Å². The first kappa shape index (κ1) is 17.7. The number of benzene rings is 2. The molecule has 0 bridgehead atoms. The van der Waals surface area contributed by atoms with Gasteiger partial charge in [-0.15, -0.1) is 0 Å². The molecule has 1 aliphatic rings. The molecule has 0 saturated heterocycles. The molecule has 1 atom stereocenters. The first-order valence-corrected chi connectivity index (χ1v) is 9.01. The molecule has 0 fully saturated rings. The third kappa shape index (κ3) is 4.94. The van der Waals surface area contributed by atoms with E-state index in [0.717, 1.165) is 25.1 Å². The van der Waals surface area contributed by atoms with Crippen molar-refractivity contribution in [2.75, 3.05) is 19.6 Å². The van der Waals surface area contributed by atoms with Crippen LogP contribution in [0.4, 0.5) is 0 Å². The molecule has 0 radical (unpaired) electrons. The summed E-state index contributed by atoms with van der Waals surface area (Å²) in [5.74, 6) is 0.0546. The van der Waals surface area contributed by atoms with E-state index in [-0.39, 0.29) is 11.9 Å². The lowest BCUT2D eigenvalue weighted by Gasteiger charge is -2.26. The van der Waals surface area contributed by atoms with E-state index in [0.29, 0.717) is 11.6 Å². The lowest BCUT2D eigenvalue weighted by atomic mass is 9.99.